The molecule has 3 rings (SSSR count). The van der Waals surface area contributed by atoms with Crippen LogP contribution in [0.4, 0.5) is 0 Å². The number of ether oxygens (including phenoxy) is 10. The van der Waals surface area contributed by atoms with E-state index in [0.717, 1.165) is 0 Å². The van der Waals surface area contributed by atoms with Gasteiger partial charge in [0, 0.05) is 14.2 Å². The van der Waals surface area contributed by atoms with Gasteiger partial charge in [-0.25, -0.2) is 0 Å². The van der Waals surface area contributed by atoms with Crippen LogP contribution in [0.5, 0.6) is 0 Å². The first kappa shape index (κ1) is 30.0. The van der Waals surface area contributed by atoms with Crippen LogP contribution in [-0.4, -0.2) is 162 Å². The van der Waals surface area contributed by atoms with E-state index in [1.807, 2.05) is 0 Å². The van der Waals surface area contributed by atoms with Crippen molar-refractivity contribution in [3.63, 3.8) is 0 Å². The molecule has 0 aromatic heterocycles. The monoisotopic (exact) mass is 528 g/mol. The lowest BCUT2D eigenvalue weighted by atomic mass is 9.98. The summed E-state index contributed by atoms with van der Waals surface area (Å²) in [6, 6.07) is 0. The van der Waals surface area contributed by atoms with Gasteiger partial charge in [-0.15, -0.1) is 0 Å². The molecule has 14 nitrogen and oxygen atoms in total. The summed E-state index contributed by atoms with van der Waals surface area (Å²) < 4.78 is 56.5. The van der Waals surface area contributed by atoms with E-state index in [-0.39, 0.29) is 52.9 Å². The number of rotatable bonds is 4. The first-order valence-corrected chi connectivity index (χ1v) is 12.1. The number of hydrogen-bond acceptors (Lipinski definition) is 14. The quantitative estimate of drug-likeness (QED) is 0.291. The molecule has 3 heterocycles. The van der Waals surface area contributed by atoms with E-state index in [1.54, 1.807) is 0 Å². The summed E-state index contributed by atoms with van der Waals surface area (Å²) in [6.07, 6.45) is -8.98. The molecule has 0 bridgehead atoms. The molecule has 0 spiro atoms. The molecule has 3 aliphatic rings. The Morgan fingerprint density at radius 1 is 0.556 bits per heavy atom. The predicted molar refractivity (Wildman–Crippen MR) is 118 cm³/mol. The van der Waals surface area contributed by atoms with Gasteiger partial charge in [0.15, 0.2) is 12.6 Å². The van der Waals surface area contributed by atoms with Crippen LogP contribution in [0, 0.1) is 0 Å². The topological polar surface area (TPSA) is 173 Å². The summed E-state index contributed by atoms with van der Waals surface area (Å²) >= 11 is 0. The van der Waals surface area contributed by atoms with E-state index in [0.29, 0.717) is 0 Å². The van der Waals surface area contributed by atoms with Gasteiger partial charge in [-0.05, 0) is 0 Å². The molecule has 3 aliphatic heterocycles. The lowest BCUT2D eigenvalue weighted by Gasteiger charge is -2.43. The van der Waals surface area contributed by atoms with Crippen molar-refractivity contribution in [1.29, 1.82) is 0 Å². The Balaban J connectivity index is 1.63. The molecular formula is C22H40O14. The zero-order valence-corrected chi connectivity index (χ0v) is 20.7. The maximum atomic E-state index is 10.6. The van der Waals surface area contributed by atoms with Crippen molar-refractivity contribution in [2.75, 3.05) is 80.3 Å². The third kappa shape index (κ3) is 7.74. The summed E-state index contributed by atoms with van der Waals surface area (Å²) in [5.41, 5.74) is 0. The first-order chi connectivity index (χ1) is 17.5. The fourth-order valence-corrected chi connectivity index (χ4v) is 4.37. The molecule has 0 aromatic rings. The first-order valence-electron chi connectivity index (χ1n) is 12.1. The Morgan fingerprint density at radius 2 is 0.889 bits per heavy atom. The van der Waals surface area contributed by atoms with Crippen molar-refractivity contribution in [1.82, 2.24) is 0 Å². The third-order valence-electron chi connectivity index (χ3n) is 6.21. The number of aliphatic hydroxyl groups is 4. The van der Waals surface area contributed by atoms with Crippen molar-refractivity contribution >= 4 is 0 Å². The SMILES string of the molecule is CO[C@@H]1O[C@@H](CO)[C@@H](O)[C@H]2OCCOCCO[C@H]3[C@@H](OC)O[C@@H](CO)[C@@H](O)[C@H]3OCCOCCO[C@H]12. The smallest absolute Gasteiger partial charge is 0.186 e. The maximum absolute atomic E-state index is 10.6. The number of aliphatic hydroxyl groups excluding tert-OH is 4. The lowest BCUT2D eigenvalue weighted by Crippen LogP contribution is -2.61. The normalized spacial score (nSPS) is 42.5. The highest BCUT2D eigenvalue weighted by Gasteiger charge is 2.48. The van der Waals surface area contributed by atoms with Crippen molar-refractivity contribution < 1.29 is 67.8 Å². The minimum atomic E-state index is -1.14. The van der Waals surface area contributed by atoms with Gasteiger partial charge in [-0.2, -0.15) is 0 Å². The molecule has 3 saturated heterocycles. The molecule has 10 atom stereocenters. The molecule has 4 N–H and O–H groups in total. The van der Waals surface area contributed by atoms with E-state index in [1.165, 1.54) is 14.2 Å². The maximum Gasteiger partial charge on any atom is 0.186 e. The van der Waals surface area contributed by atoms with Crippen LogP contribution in [0.25, 0.3) is 0 Å². The number of hydrogen-bond donors (Lipinski definition) is 4. The van der Waals surface area contributed by atoms with Gasteiger partial charge in [-0.1, -0.05) is 0 Å². The molecule has 0 saturated carbocycles. The van der Waals surface area contributed by atoms with E-state index in [9.17, 15) is 20.4 Å². The van der Waals surface area contributed by atoms with Crippen LogP contribution in [0.3, 0.4) is 0 Å². The highest BCUT2D eigenvalue weighted by molar-refractivity contribution is 4.92. The summed E-state index contributed by atoms with van der Waals surface area (Å²) in [4.78, 5) is 0. The molecule has 14 heteroatoms. The second-order valence-electron chi connectivity index (χ2n) is 8.47. The molecule has 36 heavy (non-hydrogen) atoms. The van der Waals surface area contributed by atoms with E-state index >= 15 is 0 Å². The van der Waals surface area contributed by atoms with Gasteiger partial charge in [0.1, 0.15) is 48.8 Å². The van der Waals surface area contributed by atoms with Crippen LogP contribution in [0.2, 0.25) is 0 Å². The molecule has 3 fully saturated rings. The van der Waals surface area contributed by atoms with E-state index in [2.05, 4.69) is 0 Å². The van der Waals surface area contributed by atoms with Crippen LogP contribution < -0.4 is 0 Å². The zero-order valence-electron chi connectivity index (χ0n) is 20.7. The van der Waals surface area contributed by atoms with Gasteiger partial charge in [0.25, 0.3) is 0 Å². The summed E-state index contributed by atoms with van der Waals surface area (Å²) in [5.74, 6) is 0. The summed E-state index contributed by atoms with van der Waals surface area (Å²) in [5, 5.41) is 40.4. The fourth-order valence-electron chi connectivity index (χ4n) is 4.37. The average molecular weight is 529 g/mol. The molecule has 0 amide bonds. The number of methoxy groups -OCH3 is 2. The van der Waals surface area contributed by atoms with E-state index < -0.39 is 74.6 Å². The van der Waals surface area contributed by atoms with Gasteiger partial charge in [0.2, 0.25) is 0 Å². The highest BCUT2D eigenvalue weighted by atomic mass is 16.7. The van der Waals surface area contributed by atoms with Crippen molar-refractivity contribution in [3.05, 3.63) is 0 Å². The molecule has 212 valence electrons. The van der Waals surface area contributed by atoms with Crippen LogP contribution in [-0.2, 0) is 47.4 Å². The van der Waals surface area contributed by atoms with Crippen molar-refractivity contribution in [2.45, 2.75) is 61.4 Å². The third-order valence-corrected chi connectivity index (χ3v) is 6.21. The summed E-state index contributed by atoms with van der Waals surface area (Å²) in [6.45, 7) is 0.493. The van der Waals surface area contributed by atoms with Crippen LogP contribution >= 0.6 is 0 Å². The lowest BCUT2D eigenvalue weighted by molar-refractivity contribution is -0.315. The highest BCUT2D eigenvalue weighted by Crippen LogP contribution is 2.28. The largest absolute Gasteiger partial charge is 0.394 e. The molecule has 0 aliphatic carbocycles. The Labute approximate surface area is 210 Å². The second-order valence-corrected chi connectivity index (χ2v) is 8.47. The second kappa shape index (κ2) is 15.8. The van der Waals surface area contributed by atoms with E-state index in [4.69, 9.17) is 47.4 Å². The molecule has 0 radical (unpaired) electrons. The standard InChI is InChI=1S/C22H40O14/c1-27-21-19-17(15(25)13(11-23)35-21)31-7-3-30-6-10-34-20-18(32-8-4-29-5-9-33-19)16(26)14(12-24)36-22(20)28-2/h13-26H,3-12H2,1-2H3/t13-,14-,15+,16+,17+,18+,19-,20+,21+,22-/m0/s1. The molecule has 0 unspecified atom stereocenters. The number of fused-ring (bicyclic) bond motifs is 2. The van der Waals surface area contributed by atoms with Gasteiger partial charge in [-0.3, -0.25) is 0 Å². The minimum absolute atomic E-state index is 0.128. The van der Waals surface area contributed by atoms with Crippen molar-refractivity contribution in [3.8, 4) is 0 Å². The minimum Gasteiger partial charge on any atom is -0.394 e. The fraction of sp³-hybridized carbons (Fsp3) is 1.00. The average Bonchev–Trinajstić information content (AvgIpc) is 2.89. The Bertz CT molecular complexity index is 549. The van der Waals surface area contributed by atoms with Gasteiger partial charge >= 0.3 is 0 Å². The van der Waals surface area contributed by atoms with Gasteiger partial charge in [0.05, 0.1) is 66.1 Å². The Morgan fingerprint density at radius 3 is 1.19 bits per heavy atom. The molecular weight excluding hydrogens is 488 g/mol. The Hall–Kier alpha value is -0.560. The van der Waals surface area contributed by atoms with Crippen LogP contribution in [0.15, 0.2) is 0 Å². The summed E-state index contributed by atoms with van der Waals surface area (Å²) in [7, 11) is 2.88. The van der Waals surface area contributed by atoms with Gasteiger partial charge < -0.3 is 67.8 Å². The predicted octanol–water partition coefficient (Wildman–Crippen LogP) is -2.98. The van der Waals surface area contributed by atoms with Crippen LogP contribution in [0.1, 0.15) is 0 Å². The zero-order chi connectivity index (χ0) is 25.9. The Kier molecular flexibility index (Phi) is 13.1. The molecule has 0 aromatic carbocycles. The van der Waals surface area contributed by atoms with Crippen molar-refractivity contribution in [2.24, 2.45) is 0 Å².